The Morgan fingerprint density at radius 2 is 1.67 bits per heavy atom. The standard InChI is InChI=1S/C16H17FO/c1-2-15(12-7-4-3-5-8-12)16(18)13-9-6-10-14(17)11-13/h3-11,15-16,18H,2H2,1H3. The fourth-order valence-corrected chi connectivity index (χ4v) is 2.26. The molecule has 2 aromatic rings. The molecule has 1 nitrogen and oxygen atoms in total. The van der Waals surface area contributed by atoms with Crippen LogP contribution in [0, 0.1) is 5.82 Å². The minimum absolute atomic E-state index is 0.00648. The van der Waals surface area contributed by atoms with Crippen LogP contribution in [0.4, 0.5) is 4.39 Å². The summed E-state index contributed by atoms with van der Waals surface area (Å²) in [6.07, 6.45) is 0.134. The summed E-state index contributed by atoms with van der Waals surface area (Å²) in [6.45, 7) is 2.03. The number of hydrogen-bond acceptors (Lipinski definition) is 1. The van der Waals surface area contributed by atoms with Gasteiger partial charge in [-0.25, -0.2) is 4.39 Å². The van der Waals surface area contributed by atoms with E-state index in [1.165, 1.54) is 12.1 Å². The van der Waals surface area contributed by atoms with Crippen LogP contribution in [0.25, 0.3) is 0 Å². The summed E-state index contributed by atoms with van der Waals surface area (Å²) in [5.41, 5.74) is 1.71. The highest BCUT2D eigenvalue weighted by Crippen LogP contribution is 2.33. The van der Waals surface area contributed by atoms with Crippen molar-refractivity contribution in [3.8, 4) is 0 Å². The highest BCUT2D eigenvalue weighted by molar-refractivity contribution is 5.26. The van der Waals surface area contributed by atoms with Crippen molar-refractivity contribution >= 4 is 0 Å². The van der Waals surface area contributed by atoms with Gasteiger partial charge in [0.25, 0.3) is 0 Å². The number of benzene rings is 2. The molecule has 2 atom stereocenters. The molecule has 0 aliphatic carbocycles. The average Bonchev–Trinajstić information content (AvgIpc) is 2.41. The lowest BCUT2D eigenvalue weighted by atomic mass is 9.87. The van der Waals surface area contributed by atoms with Crippen molar-refractivity contribution in [3.63, 3.8) is 0 Å². The summed E-state index contributed by atoms with van der Waals surface area (Å²) in [5, 5.41) is 10.4. The summed E-state index contributed by atoms with van der Waals surface area (Å²) >= 11 is 0. The molecule has 0 spiro atoms. The van der Waals surface area contributed by atoms with E-state index in [-0.39, 0.29) is 11.7 Å². The number of rotatable bonds is 4. The Morgan fingerprint density at radius 1 is 1.00 bits per heavy atom. The summed E-state index contributed by atoms with van der Waals surface area (Å²) in [5.74, 6) is -0.317. The van der Waals surface area contributed by atoms with Gasteiger partial charge in [-0.05, 0) is 29.7 Å². The minimum Gasteiger partial charge on any atom is -0.388 e. The molecular weight excluding hydrogens is 227 g/mol. The zero-order valence-corrected chi connectivity index (χ0v) is 10.4. The Kier molecular flexibility index (Phi) is 4.11. The SMILES string of the molecule is CCC(c1ccccc1)C(O)c1cccc(F)c1. The van der Waals surface area contributed by atoms with E-state index in [9.17, 15) is 9.50 Å². The Hall–Kier alpha value is -1.67. The Bertz CT molecular complexity index is 495. The lowest BCUT2D eigenvalue weighted by Gasteiger charge is -2.22. The molecule has 0 aliphatic rings. The van der Waals surface area contributed by atoms with Gasteiger partial charge >= 0.3 is 0 Å². The van der Waals surface area contributed by atoms with Gasteiger partial charge in [0.05, 0.1) is 6.10 Å². The Balaban J connectivity index is 2.28. The highest BCUT2D eigenvalue weighted by Gasteiger charge is 2.21. The summed E-state index contributed by atoms with van der Waals surface area (Å²) in [7, 11) is 0. The fraction of sp³-hybridized carbons (Fsp3) is 0.250. The van der Waals surface area contributed by atoms with Crippen molar-refractivity contribution in [2.45, 2.75) is 25.4 Å². The van der Waals surface area contributed by atoms with E-state index >= 15 is 0 Å². The van der Waals surface area contributed by atoms with Crippen LogP contribution in [0.5, 0.6) is 0 Å². The van der Waals surface area contributed by atoms with Crippen LogP contribution >= 0.6 is 0 Å². The van der Waals surface area contributed by atoms with Crippen LogP contribution in [0.1, 0.15) is 36.5 Å². The van der Waals surface area contributed by atoms with Gasteiger partial charge in [0.15, 0.2) is 0 Å². The maximum atomic E-state index is 13.2. The van der Waals surface area contributed by atoms with Gasteiger partial charge in [-0.1, -0.05) is 49.4 Å². The first-order valence-corrected chi connectivity index (χ1v) is 6.21. The molecule has 1 N–H and O–H groups in total. The van der Waals surface area contributed by atoms with E-state index in [1.807, 2.05) is 37.3 Å². The molecule has 0 fully saturated rings. The molecule has 2 aromatic carbocycles. The van der Waals surface area contributed by atoms with Gasteiger partial charge in [0.1, 0.15) is 5.82 Å². The highest BCUT2D eigenvalue weighted by atomic mass is 19.1. The number of aliphatic hydroxyl groups excluding tert-OH is 1. The van der Waals surface area contributed by atoms with Gasteiger partial charge in [0, 0.05) is 5.92 Å². The van der Waals surface area contributed by atoms with Crippen LogP contribution in [-0.2, 0) is 0 Å². The molecule has 0 heterocycles. The normalized spacial score (nSPS) is 14.2. The molecule has 18 heavy (non-hydrogen) atoms. The monoisotopic (exact) mass is 244 g/mol. The molecule has 0 saturated carbocycles. The van der Waals surface area contributed by atoms with Crippen molar-refractivity contribution < 1.29 is 9.50 Å². The van der Waals surface area contributed by atoms with Gasteiger partial charge in [-0.15, -0.1) is 0 Å². The second-order valence-electron chi connectivity index (χ2n) is 4.43. The zero-order valence-electron chi connectivity index (χ0n) is 10.4. The van der Waals surface area contributed by atoms with E-state index < -0.39 is 6.10 Å². The van der Waals surface area contributed by atoms with Crippen molar-refractivity contribution in [2.24, 2.45) is 0 Å². The van der Waals surface area contributed by atoms with Crippen LogP contribution in [0.3, 0.4) is 0 Å². The first-order valence-electron chi connectivity index (χ1n) is 6.21. The van der Waals surface area contributed by atoms with Crippen LogP contribution in [0.15, 0.2) is 54.6 Å². The molecule has 0 radical (unpaired) electrons. The van der Waals surface area contributed by atoms with E-state index in [2.05, 4.69) is 0 Å². The fourth-order valence-electron chi connectivity index (χ4n) is 2.26. The Labute approximate surface area is 107 Å². The van der Waals surface area contributed by atoms with Gasteiger partial charge in [-0.2, -0.15) is 0 Å². The summed E-state index contributed by atoms with van der Waals surface area (Å²) in [6, 6.07) is 16.0. The average molecular weight is 244 g/mol. The van der Waals surface area contributed by atoms with E-state index in [0.717, 1.165) is 12.0 Å². The molecule has 2 rings (SSSR count). The predicted octanol–water partition coefficient (Wildman–Crippen LogP) is 4.05. The van der Waals surface area contributed by atoms with E-state index in [4.69, 9.17) is 0 Å². The smallest absolute Gasteiger partial charge is 0.123 e. The summed E-state index contributed by atoms with van der Waals surface area (Å²) < 4.78 is 13.2. The molecule has 0 bridgehead atoms. The van der Waals surface area contributed by atoms with E-state index in [0.29, 0.717) is 5.56 Å². The van der Waals surface area contributed by atoms with Crippen LogP contribution in [-0.4, -0.2) is 5.11 Å². The molecule has 0 amide bonds. The second kappa shape index (κ2) is 5.78. The van der Waals surface area contributed by atoms with Gasteiger partial charge < -0.3 is 5.11 Å². The number of hydrogen-bond donors (Lipinski definition) is 1. The maximum Gasteiger partial charge on any atom is 0.123 e. The third-order valence-corrected chi connectivity index (χ3v) is 3.24. The molecule has 0 saturated heterocycles. The van der Waals surface area contributed by atoms with Gasteiger partial charge in [-0.3, -0.25) is 0 Å². The van der Waals surface area contributed by atoms with Crippen molar-refractivity contribution in [1.82, 2.24) is 0 Å². The maximum absolute atomic E-state index is 13.2. The second-order valence-corrected chi connectivity index (χ2v) is 4.43. The van der Waals surface area contributed by atoms with E-state index in [1.54, 1.807) is 12.1 Å². The van der Waals surface area contributed by atoms with Crippen LogP contribution in [0.2, 0.25) is 0 Å². The lowest BCUT2D eigenvalue weighted by Crippen LogP contribution is -2.10. The van der Waals surface area contributed by atoms with Crippen molar-refractivity contribution in [3.05, 3.63) is 71.5 Å². The molecule has 0 aliphatic heterocycles. The minimum atomic E-state index is -0.673. The largest absolute Gasteiger partial charge is 0.388 e. The first kappa shape index (κ1) is 12.8. The van der Waals surface area contributed by atoms with Crippen molar-refractivity contribution in [2.75, 3.05) is 0 Å². The molecule has 94 valence electrons. The van der Waals surface area contributed by atoms with Gasteiger partial charge in [0.2, 0.25) is 0 Å². The summed E-state index contributed by atoms with van der Waals surface area (Å²) in [4.78, 5) is 0. The predicted molar refractivity (Wildman–Crippen MR) is 70.8 cm³/mol. The Morgan fingerprint density at radius 3 is 2.28 bits per heavy atom. The first-order chi connectivity index (χ1) is 8.72. The zero-order chi connectivity index (χ0) is 13.0. The third kappa shape index (κ3) is 2.77. The number of halogens is 1. The lowest BCUT2D eigenvalue weighted by molar-refractivity contribution is 0.142. The molecular formula is C16H17FO. The third-order valence-electron chi connectivity index (χ3n) is 3.24. The van der Waals surface area contributed by atoms with Crippen molar-refractivity contribution in [1.29, 1.82) is 0 Å². The number of aliphatic hydroxyl groups is 1. The molecule has 0 aromatic heterocycles. The molecule has 2 unspecified atom stereocenters. The topological polar surface area (TPSA) is 20.2 Å². The quantitative estimate of drug-likeness (QED) is 0.860. The van der Waals surface area contributed by atoms with Crippen LogP contribution < -0.4 is 0 Å². The molecule has 2 heteroatoms.